The minimum Gasteiger partial charge on any atom is -0.174 e. The molecule has 2 heteroatoms. The maximum absolute atomic E-state index is 2.48. The van der Waals surface area contributed by atoms with E-state index in [2.05, 4.69) is 41.9 Å². The quantitative estimate of drug-likeness (QED) is 0.585. The largest absolute Gasteiger partial charge is 0.174 e. The van der Waals surface area contributed by atoms with Gasteiger partial charge in [-0.2, -0.15) is 9.18 Å². The summed E-state index contributed by atoms with van der Waals surface area (Å²) >= 11 is 0. The summed E-state index contributed by atoms with van der Waals surface area (Å²) in [4.78, 5) is 0. The summed E-state index contributed by atoms with van der Waals surface area (Å²) in [6, 6.07) is 0.951. The molecule has 1 saturated heterocycles. The van der Waals surface area contributed by atoms with Gasteiger partial charge in [-0.1, -0.05) is 20.8 Å². The van der Waals surface area contributed by atoms with Crippen molar-refractivity contribution in [3.05, 3.63) is 0 Å². The third kappa shape index (κ3) is 1.72. The molecule has 0 aromatic carbocycles. The van der Waals surface area contributed by atoms with E-state index in [-0.39, 0.29) is 0 Å². The first-order valence-corrected chi connectivity index (χ1v) is 6.35. The van der Waals surface area contributed by atoms with Gasteiger partial charge in [0.2, 0.25) is 0 Å². The molecule has 0 spiro atoms. The molecule has 88 valence electrons. The van der Waals surface area contributed by atoms with E-state index in [1.807, 2.05) is 0 Å². The summed E-state index contributed by atoms with van der Waals surface area (Å²) in [5.41, 5.74) is 0.473. The molecule has 2 fully saturated rings. The maximum atomic E-state index is 2.48. The Hall–Kier alpha value is -0.0800. The fourth-order valence-electron chi connectivity index (χ4n) is 3.22. The van der Waals surface area contributed by atoms with E-state index in [0.29, 0.717) is 5.41 Å². The van der Waals surface area contributed by atoms with Gasteiger partial charge >= 0.3 is 0 Å². The number of hydrogen-bond acceptors (Lipinski definition) is 0. The molecular weight excluding hydrogens is 184 g/mol. The smallest absolute Gasteiger partial charge is 0.133 e. The van der Waals surface area contributed by atoms with E-state index in [9.17, 15) is 0 Å². The van der Waals surface area contributed by atoms with Crippen LogP contribution in [0.5, 0.6) is 0 Å². The van der Waals surface area contributed by atoms with Crippen LogP contribution in [0.3, 0.4) is 0 Å². The Morgan fingerprint density at radius 1 is 0.933 bits per heavy atom. The zero-order chi connectivity index (χ0) is 11.5. The van der Waals surface area contributed by atoms with Crippen molar-refractivity contribution in [2.75, 3.05) is 34.2 Å². The molecule has 15 heavy (non-hydrogen) atoms. The Morgan fingerprint density at radius 2 is 1.47 bits per heavy atom. The highest BCUT2D eigenvalue weighted by Gasteiger charge is 2.60. The normalized spacial score (nSPS) is 40.8. The molecule has 0 radical (unpaired) electrons. The summed E-state index contributed by atoms with van der Waals surface area (Å²) < 4.78 is 2.47. The Bertz CT molecular complexity index is 260. The minimum atomic E-state index is 0.473. The van der Waals surface area contributed by atoms with Gasteiger partial charge in [0.05, 0.1) is 5.92 Å². The van der Waals surface area contributed by atoms with Crippen LogP contribution in [0.2, 0.25) is 0 Å². The Balaban J connectivity index is 2.21. The van der Waals surface area contributed by atoms with E-state index in [1.54, 1.807) is 0 Å². The lowest BCUT2D eigenvalue weighted by atomic mass is 9.81. The molecule has 1 aliphatic carbocycles. The summed E-state index contributed by atoms with van der Waals surface area (Å²) in [6.07, 6.45) is 2.91. The lowest BCUT2D eigenvalue weighted by Crippen LogP contribution is -2.63. The first kappa shape index (κ1) is 11.4. The fraction of sp³-hybridized carbons (Fsp3) is 1.00. The van der Waals surface area contributed by atoms with Crippen LogP contribution in [0.1, 0.15) is 33.6 Å². The zero-order valence-electron chi connectivity index (χ0n) is 11.4. The van der Waals surface area contributed by atoms with Crippen molar-refractivity contribution in [2.45, 2.75) is 39.7 Å². The highest BCUT2D eigenvalue weighted by molar-refractivity contribution is 4.80. The molecule has 2 atom stereocenters. The predicted molar refractivity (Wildman–Crippen MR) is 64.0 cm³/mol. The summed E-state index contributed by atoms with van der Waals surface area (Å²) in [7, 11) is 7.32. The molecule has 0 bridgehead atoms. The molecule has 1 heterocycles. The van der Waals surface area contributed by atoms with Crippen molar-refractivity contribution in [1.29, 1.82) is 0 Å². The monoisotopic (exact) mass is 212 g/mol. The fourth-order valence-corrected chi connectivity index (χ4v) is 3.22. The van der Waals surface area contributed by atoms with Gasteiger partial charge in [0, 0.05) is 12.8 Å². The molecule has 0 aromatic heterocycles. The summed E-state index contributed by atoms with van der Waals surface area (Å²) in [6.45, 7) is 9.93. The van der Waals surface area contributed by atoms with Crippen LogP contribution >= 0.6 is 0 Å². The molecule has 2 unspecified atom stereocenters. The van der Waals surface area contributed by atoms with E-state index in [4.69, 9.17) is 0 Å². The van der Waals surface area contributed by atoms with Crippen molar-refractivity contribution >= 4 is 0 Å². The van der Waals surface area contributed by atoms with Crippen LogP contribution in [0.4, 0.5) is 0 Å². The number of rotatable bonds is 1. The lowest BCUT2D eigenvalue weighted by molar-refractivity contribution is -1.46. The van der Waals surface area contributed by atoms with E-state index >= 15 is 0 Å². The maximum Gasteiger partial charge on any atom is 0.133 e. The van der Waals surface area contributed by atoms with Gasteiger partial charge < -0.3 is 0 Å². The standard InChI is InChI=1S/C13H28N2/c1-13(2,3)11-9-14(4,5)15(6,10-11)12-7-8-12/h11-12H,7-10H2,1-6H3/q+2. The molecule has 0 aromatic rings. The summed E-state index contributed by atoms with van der Waals surface area (Å²) in [5, 5.41) is 0. The Morgan fingerprint density at radius 3 is 1.80 bits per heavy atom. The zero-order valence-corrected chi connectivity index (χ0v) is 11.4. The van der Waals surface area contributed by atoms with Crippen molar-refractivity contribution in [2.24, 2.45) is 11.3 Å². The van der Waals surface area contributed by atoms with Crippen LogP contribution < -0.4 is 0 Å². The van der Waals surface area contributed by atoms with E-state index in [0.717, 1.165) is 12.0 Å². The van der Waals surface area contributed by atoms with Gasteiger partial charge in [-0.15, -0.1) is 0 Å². The minimum absolute atomic E-state index is 0.473. The van der Waals surface area contributed by atoms with E-state index < -0.39 is 0 Å². The third-order valence-electron chi connectivity index (χ3n) is 5.05. The second kappa shape index (κ2) is 2.98. The number of hydrogen-bond donors (Lipinski definition) is 0. The van der Waals surface area contributed by atoms with Gasteiger partial charge in [0.25, 0.3) is 0 Å². The SMILES string of the molecule is CC(C)(C)C1C[N+](C)(C)[N+](C)(C2CC2)C1. The van der Waals surface area contributed by atoms with Crippen molar-refractivity contribution in [3.8, 4) is 0 Å². The molecular formula is C13H28N2+2. The highest BCUT2D eigenvalue weighted by atomic mass is 15.9. The van der Waals surface area contributed by atoms with Crippen LogP contribution in [-0.2, 0) is 0 Å². The first-order chi connectivity index (χ1) is 6.67. The van der Waals surface area contributed by atoms with Gasteiger partial charge in [0.1, 0.15) is 40.3 Å². The van der Waals surface area contributed by atoms with Crippen LogP contribution in [0.25, 0.3) is 0 Å². The first-order valence-electron chi connectivity index (χ1n) is 6.35. The molecule has 0 N–H and O–H groups in total. The van der Waals surface area contributed by atoms with Gasteiger partial charge in [-0.25, -0.2) is 0 Å². The number of nitrogens with zero attached hydrogens (tertiary/aromatic N) is 2. The Labute approximate surface area is 95.0 Å². The predicted octanol–water partition coefficient (Wildman–Crippen LogP) is 2.26. The van der Waals surface area contributed by atoms with Crippen LogP contribution in [0, 0.1) is 11.3 Å². The van der Waals surface area contributed by atoms with Gasteiger partial charge in [-0.05, 0) is 5.41 Å². The average molecular weight is 212 g/mol. The average Bonchev–Trinajstić information content (AvgIpc) is 2.79. The second-order valence-corrected chi connectivity index (χ2v) is 7.49. The van der Waals surface area contributed by atoms with Gasteiger partial charge in [0.15, 0.2) is 0 Å². The molecule has 0 amide bonds. The van der Waals surface area contributed by atoms with Crippen molar-refractivity contribution in [3.63, 3.8) is 0 Å². The molecule has 2 aliphatic rings. The van der Waals surface area contributed by atoms with Crippen LogP contribution in [0.15, 0.2) is 0 Å². The highest BCUT2D eigenvalue weighted by Crippen LogP contribution is 2.45. The lowest BCUT2D eigenvalue weighted by Gasteiger charge is -2.41. The van der Waals surface area contributed by atoms with Crippen LogP contribution in [-0.4, -0.2) is 49.5 Å². The van der Waals surface area contributed by atoms with Crippen molar-refractivity contribution < 1.29 is 9.18 Å². The second-order valence-electron chi connectivity index (χ2n) is 7.49. The van der Waals surface area contributed by atoms with Crippen molar-refractivity contribution in [1.82, 2.24) is 0 Å². The molecule has 1 aliphatic heterocycles. The van der Waals surface area contributed by atoms with E-state index in [1.165, 1.54) is 35.1 Å². The molecule has 1 saturated carbocycles. The third-order valence-corrected chi connectivity index (χ3v) is 5.05. The summed E-state index contributed by atoms with van der Waals surface area (Å²) in [5.74, 6) is 0.873. The number of quaternary nitrogens is 2. The topological polar surface area (TPSA) is 0 Å². The Kier molecular flexibility index (Phi) is 2.27. The van der Waals surface area contributed by atoms with Gasteiger partial charge in [-0.3, -0.25) is 0 Å². The molecule has 2 nitrogen and oxygen atoms in total. The molecule has 2 rings (SSSR count).